The zero-order valence-corrected chi connectivity index (χ0v) is 19.2. The summed E-state index contributed by atoms with van der Waals surface area (Å²) in [6.07, 6.45) is -11.0. The highest BCUT2D eigenvalue weighted by atomic mass is 16.8. The summed E-state index contributed by atoms with van der Waals surface area (Å²) in [5.74, 6) is -3.09. The Morgan fingerprint density at radius 3 is 2.42 bits per heavy atom. The summed E-state index contributed by atoms with van der Waals surface area (Å²) in [4.78, 5) is 12.1. The highest BCUT2D eigenvalue weighted by Gasteiger charge is 2.58. The van der Waals surface area contributed by atoms with E-state index in [0.29, 0.717) is 5.56 Å². The van der Waals surface area contributed by atoms with Crippen molar-refractivity contribution < 1.29 is 69.3 Å². The quantitative estimate of drug-likeness (QED) is 0.118. The number of rotatable bonds is 9. The Morgan fingerprint density at radius 2 is 1.78 bits per heavy atom. The van der Waals surface area contributed by atoms with Gasteiger partial charge in [0.05, 0.1) is 13.7 Å². The molecule has 2 heterocycles. The molecule has 8 N–H and O–H groups in total. The summed E-state index contributed by atoms with van der Waals surface area (Å²) < 4.78 is 26.0. The molecule has 2 saturated heterocycles. The maximum Gasteiger partial charge on any atom is 0.330 e. The molecule has 2 aliphatic heterocycles. The summed E-state index contributed by atoms with van der Waals surface area (Å²) in [5, 5.41) is 79.6. The molecule has 0 aliphatic carbocycles. The number of carbonyl (C=O) groups excluding carboxylic acids is 1. The minimum atomic E-state index is -2.36. The van der Waals surface area contributed by atoms with E-state index in [0.717, 1.165) is 6.08 Å². The Hall–Kier alpha value is -2.37. The van der Waals surface area contributed by atoms with E-state index in [1.54, 1.807) is 0 Å². The van der Waals surface area contributed by atoms with E-state index in [4.69, 9.17) is 23.7 Å². The van der Waals surface area contributed by atoms with Crippen molar-refractivity contribution in [1.29, 1.82) is 0 Å². The number of phenolic OH excluding ortho intramolecular Hbond substituents is 1. The predicted molar refractivity (Wildman–Crippen MR) is 116 cm³/mol. The maximum atomic E-state index is 12.1. The molecule has 2 fully saturated rings. The van der Waals surface area contributed by atoms with E-state index in [1.165, 1.54) is 31.4 Å². The molecule has 202 valence electrons. The third-order valence-corrected chi connectivity index (χ3v) is 5.90. The van der Waals surface area contributed by atoms with E-state index in [2.05, 4.69) is 0 Å². The number of ether oxygens (including phenoxy) is 5. The second-order valence-electron chi connectivity index (χ2n) is 8.27. The van der Waals surface area contributed by atoms with Crippen molar-refractivity contribution in [3.05, 3.63) is 29.8 Å². The third kappa shape index (κ3) is 5.78. The first-order valence-corrected chi connectivity index (χ1v) is 10.9. The number of aliphatic hydroxyl groups excluding tert-OH is 7. The summed E-state index contributed by atoms with van der Waals surface area (Å²) in [7, 11) is 1.37. The van der Waals surface area contributed by atoms with Crippen LogP contribution in [0.3, 0.4) is 0 Å². The molecule has 0 spiro atoms. The first-order valence-electron chi connectivity index (χ1n) is 10.9. The fourth-order valence-corrected chi connectivity index (χ4v) is 3.79. The van der Waals surface area contributed by atoms with Gasteiger partial charge in [0.1, 0.15) is 55.9 Å². The molecule has 2 aliphatic rings. The molecular weight excluding hydrogens is 488 g/mol. The van der Waals surface area contributed by atoms with Crippen molar-refractivity contribution in [3.63, 3.8) is 0 Å². The average Bonchev–Trinajstić information content (AvgIpc) is 3.12. The minimum absolute atomic E-state index is 0.0820. The molecule has 0 bridgehead atoms. The van der Waals surface area contributed by atoms with E-state index in [-0.39, 0.29) is 11.5 Å². The van der Waals surface area contributed by atoms with Crippen molar-refractivity contribution in [2.75, 3.05) is 26.9 Å². The Morgan fingerprint density at radius 1 is 1.06 bits per heavy atom. The first kappa shape index (κ1) is 28.2. The van der Waals surface area contributed by atoms with Gasteiger partial charge in [-0.05, 0) is 23.8 Å². The van der Waals surface area contributed by atoms with Gasteiger partial charge in [-0.25, -0.2) is 4.79 Å². The zero-order valence-electron chi connectivity index (χ0n) is 19.2. The van der Waals surface area contributed by atoms with Crippen molar-refractivity contribution in [3.8, 4) is 11.5 Å². The van der Waals surface area contributed by atoms with Gasteiger partial charge in [-0.3, -0.25) is 0 Å². The van der Waals surface area contributed by atoms with Crippen molar-refractivity contribution in [2.24, 2.45) is 0 Å². The van der Waals surface area contributed by atoms with Gasteiger partial charge in [-0.2, -0.15) is 0 Å². The fourth-order valence-electron chi connectivity index (χ4n) is 3.79. The Kier molecular flexibility index (Phi) is 9.23. The number of phenols is 1. The van der Waals surface area contributed by atoms with Crippen LogP contribution in [-0.4, -0.2) is 129 Å². The number of aromatic hydroxyl groups is 1. The van der Waals surface area contributed by atoms with Crippen LogP contribution in [0.2, 0.25) is 0 Å². The van der Waals surface area contributed by atoms with E-state index < -0.39 is 80.6 Å². The SMILES string of the molecule is COc1cc(/C=C/C(=O)OC[C@H]2O[C@](CO)(O[C@H]3O[C@@H](CO)[C@H](O)[C@@H](O)[C@@H]3O)[C@H](O)[C@@H]2O)ccc1O. The normalized spacial score (nSPS) is 36.8. The van der Waals surface area contributed by atoms with Crippen molar-refractivity contribution >= 4 is 12.0 Å². The Bertz CT molecular complexity index is 922. The lowest BCUT2D eigenvalue weighted by Gasteiger charge is -2.43. The van der Waals surface area contributed by atoms with Crippen LogP contribution in [0.15, 0.2) is 24.3 Å². The lowest BCUT2D eigenvalue weighted by Crippen LogP contribution is -2.62. The van der Waals surface area contributed by atoms with Gasteiger partial charge in [0, 0.05) is 6.08 Å². The Labute approximate surface area is 205 Å². The molecule has 0 unspecified atom stereocenters. The van der Waals surface area contributed by atoms with Crippen molar-refractivity contribution in [1.82, 2.24) is 0 Å². The number of esters is 1. The standard InChI is InChI=1S/C22H30O14/c1-32-12-6-10(2-4-11(12)25)3-5-15(26)33-8-14-17(28)20(31)22(9-24,35-14)36-21-19(30)18(29)16(27)13(7-23)34-21/h2-6,13-14,16-21,23-25,27-31H,7-9H2,1H3/b5-3+/t13-,14+,16-,17+,18+,19-,20+,21+,22+/m0/s1. The Balaban J connectivity index is 1.63. The monoisotopic (exact) mass is 518 g/mol. The number of methoxy groups -OCH3 is 1. The van der Waals surface area contributed by atoms with Gasteiger partial charge in [-0.1, -0.05) is 6.07 Å². The molecule has 0 radical (unpaired) electrons. The van der Waals surface area contributed by atoms with Gasteiger partial charge in [0.25, 0.3) is 0 Å². The van der Waals surface area contributed by atoms with Crippen LogP contribution >= 0.6 is 0 Å². The number of benzene rings is 1. The lowest BCUT2D eigenvalue weighted by molar-refractivity contribution is -0.383. The van der Waals surface area contributed by atoms with Gasteiger partial charge < -0.3 is 64.5 Å². The summed E-state index contributed by atoms with van der Waals surface area (Å²) in [6.45, 7) is -2.36. The second-order valence-corrected chi connectivity index (χ2v) is 8.27. The van der Waals surface area contributed by atoms with Crippen LogP contribution in [0.1, 0.15) is 5.56 Å². The van der Waals surface area contributed by atoms with Crippen LogP contribution in [0.25, 0.3) is 6.08 Å². The van der Waals surface area contributed by atoms with Crippen LogP contribution in [0.4, 0.5) is 0 Å². The summed E-state index contributed by atoms with van der Waals surface area (Å²) in [6, 6.07) is 4.37. The molecule has 36 heavy (non-hydrogen) atoms. The number of hydrogen-bond donors (Lipinski definition) is 8. The molecule has 14 nitrogen and oxygen atoms in total. The van der Waals surface area contributed by atoms with Gasteiger partial charge in [0.2, 0.25) is 5.79 Å². The van der Waals surface area contributed by atoms with E-state index in [9.17, 15) is 45.6 Å². The van der Waals surface area contributed by atoms with Crippen LogP contribution < -0.4 is 4.74 Å². The predicted octanol–water partition coefficient (Wildman–Crippen LogP) is -3.42. The molecule has 9 atom stereocenters. The molecule has 1 aromatic rings. The van der Waals surface area contributed by atoms with Crippen LogP contribution in [0, 0.1) is 0 Å². The topological polar surface area (TPSA) is 225 Å². The third-order valence-electron chi connectivity index (χ3n) is 5.90. The lowest BCUT2D eigenvalue weighted by atomic mass is 9.99. The minimum Gasteiger partial charge on any atom is -0.504 e. The number of aliphatic hydroxyl groups is 7. The van der Waals surface area contributed by atoms with Crippen molar-refractivity contribution in [2.45, 2.75) is 54.8 Å². The molecule has 14 heteroatoms. The van der Waals surface area contributed by atoms with Crippen LogP contribution in [-0.2, 0) is 23.7 Å². The van der Waals surface area contributed by atoms with E-state index >= 15 is 0 Å². The largest absolute Gasteiger partial charge is 0.504 e. The molecular formula is C22H30O14. The second kappa shape index (κ2) is 11.8. The number of hydrogen-bond acceptors (Lipinski definition) is 14. The molecule has 0 aromatic heterocycles. The summed E-state index contributed by atoms with van der Waals surface area (Å²) >= 11 is 0. The smallest absolute Gasteiger partial charge is 0.330 e. The first-order chi connectivity index (χ1) is 17.1. The average molecular weight is 518 g/mol. The van der Waals surface area contributed by atoms with Gasteiger partial charge in [0.15, 0.2) is 17.8 Å². The van der Waals surface area contributed by atoms with Gasteiger partial charge >= 0.3 is 5.97 Å². The highest BCUT2D eigenvalue weighted by molar-refractivity contribution is 5.87. The maximum absolute atomic E-state index is 12.1. The van der Waals surface area contributed by atoms with Gasteiger partial charge in [-0.15, -0.1) is 0 Å². The molecule has 1 aromatic carbocycles. The molecule has 3 rings (SSSR count). The zero-order chi connectivity index (χ0) is 26.6. The fraction of sp³-hybridized carbons (Fsp3) is 0.591. The summed E-state index contributed by atoms with van der Waals surface area (Å²) in [5.41, 5.74) is 0.515. The number of carbonyl (C=O) groups is 1. The van der Waals surface area contributed by atoms with E-state index in [1.807, 2.05) is 0 Å². The molecule has 0 saturated carbocycles. The highest BCUT2D eigenvalue weighted by Crippen LogP contribution is 2.36. The van der Waals surface area contributed by atoms with Crippen LogP contribution in [0.5, 0.6) is 11.5 Å². The molecule has 0 amide bonds.